The zero-order chi connectivity index (χ0) is 16.9. The predicted octanol–water partition coefficient (Wildman–Crippen LogP) is 1.54. The van der Waals surface area contributed by atoms with E-state index in [1.807, 2.05) is 0 Å². The van der Waals surface area contributed by atoms with Gasteiger partial charge in [0.25, 0.3) is 0 Å². The van der Waals surface area contributed by atoms with Crippen LogP contribution in [0.5, 0.6) is 0 Å². The summed E-state index contributed by atoms with van der Waals surface area (Å²) < 4.78 is 0. The Morgan fingerprint density at radius 3 is 1.95 bits per heavy atom. The summed E-state index contributed by atoms with van der Waals surface area (Å²) in [6.07, 6.45) is 0.746. The predicted molar refractivity (Wildman–Crippen MR) is 69.6 cm³/mol. The highest BCUT2D eigenvalue weighted by Gasteiger charge is 2.28. The topological polar surface area (TPSA) is 183 Å². The summed E-state index contributed by atoms with van der Waals surface area (Å²) in [5.74, 6) is -1.58. The molecular weight excluding hydrogens is 298 g/mol. The number of nitro groups is 2. The van der Waals surface area contributed by atoms with Gasteiger partial charge in [0.15, 0.2) is 5.69 Å². The van der Waals surface area contributed by atoms with Crippen molar-refractivity contribution in [3.05, 3.63) is 49.7 Å². The summed E-state index contributed by atoms with van der Waals surface area (Å²) in [6, 6.07) is 4.16. The molecule has 0 aliphatic carbocycles. The number of nitriles is 2. The van der Waals surface area contributed by atoms with E-state index >= 15 is 0 Å². The minimum Gasteiger partial charge on any atom is -0.478 e. The summed E-state index contributed by atoms with van der Waals surface area (Å²) in [7, 11) is 0. The molecule has 1 aromatic rings. The number of hydrogen-bond acceptors (Lipinski definition) is 8. The minimum atomic E-state index is -1.58. The molecule has 0 saturated heterocycles. The van der Waals surface area contributed by atoms with Crippen LogP contribution in [0.2, 0.25) is 0 Å². The average Bonchev–Trinajstić information content (AvgIpc) is 2.47. The molecule has 0 heterocycles. The van der Waals surface area contributed by atoms with E-state index < -0.39 is 44.0 Å². The number of carbonyl (C=O) groups is 1. The maximum atomic E-state index is 11.0. The second kappa shape index (κ2) is 6.44. The highest BCUT2D eigenvalue weighted by atomic mass is 16.6. The lowest BCUT2D eigenvalue weighted by molar-refractivity contribution is -0.392. The molecule has 0 radical (unpaired) electrons. The Bertz CT molecular complexity index is 734. The molecule has 0 aliphatic rings. The van der Waals surface area contributed by atoms with E-state index in [0.717, 1.165) is 6.20 Å². The van der Waals surface area contributed by atoms with Crippen LogP contribution in [0.4, 0.5) is 17.1 Å². The van der Waals surface area contributed by atoms with Crippen molar-refractivity contribution >= 4 is 23.0 Å². The zero-order valence-electron chi connectivity index (χ0n) is 10.5. The molecule has 2 N–H and O–H groups in total. The SMILES string of the molecule is N#CC(C#N)=CNc1c([N+](=O)[O-])cc(C(=O)O)cc1[N+](=O)[O-]. The van der Waals surface area contributed by atoms with Gasteiger partial charge in [-0.15, -0.1) is 0 Å². The first-order valence-electron chi connectivity index (χ1n) is 5.28. The first-order valence-corrected chi connectivity index (χ1v) is 5.28. The number of carboxylic acids is 1. The molecule has 0 unspecified atom stereocenters. The summed E-state index contributed by atoms with van der Waals surface area (Å²) in [5, 5.41) is 50.0. The van der Waals surface area contributed by atoms with Crippen molar-refractivity contribution in [2.75, 3.05) is 5.32 Å². The average molecular weight is 303 g/mol. The van der Waals surface area contributed by atoms with Crippen molar-refractivity contribution in [2.45, 2.75) is 0 Å². The van der Waals surface area contributed by atoms with E-state index in [2.05, 4.69) is 5.32 Å². The largest absolute Gasteiger partial charge is 0.478 e. The van der Waals surface area contributed by atoms with Crippen molar-refractivity contribution in [1.29, 1.82) is 10.5 Å². The van der Waals surface area contributed by atoms with E-state index in [1.54, 1.807) is 0 Å². The van der Waals surface area contributed by atoms with Crippen LogP contribution in [-0.4, -0.2) is 20.9 Å². The molecule has 0 aromatic heterocycles. The fourth-order valence-corrected chi connectivity index (χ4v) is 1.41. The number of nitrogens with one attached hydrogen (secondary N) is 1. The van der Waals surface area contributed by atoms with E-state index in [-0.39, 0.29) is 0 Å². The molecule has 0 aliphatic heterocycles. The number of hydrogen-bond donors (Lipinski definition) is 2. The van der Waals surface area contributed by atoms with Crippen molar-refractivity contribution in [3.63, 3.8) is 0 Å². The molecule has 0 saturated carbocycles. The zero-order valence-corrected chi connectivity index (χ0v) is 10.5. The number of rotatable bonds is 5. The van der Waals surface area contributed by atoms with Gasteiger partial charge in [-0.25, -0.2) is 4.79 Å². The maximum absolute atomic E-state index is 11.0. The van der Waals surface area contributed by atoms with Crippen LogP contribution in [0.3, 0.4) is 0 Å². The monoisotopic (exact) mass is 303 g/mol. The molecule has 22 heavy (non-hydrogen) atoms. The van der Waals surface area contributed by atoms with Crippen LogP contribution in [0.1, 0.15) is 10.4 Å². The second-order valence-electron chi connectivity index (χ2n) is 3.63. The van der Waals surface area contributed by atoms with Crippen LogP contribution in [0, 0.1) is 42.9 Å². The quantitative estimate of drug-likeness (QED) is 0.462. The van der Waals surface area contributed by atoms with Gasteiger partial charge in [0.2, 0.25) is 0 Å². The van der Waals surface area contributed by atoms with E-state index in [0.29, 0.717) is 12.1 Å². The van der Waals surface area contributed by atoms with Gasteiger partial charge in [0.05, 0.1) is 15.4 Å². The summed E-state index contributed by atoms with van der Waals surface area (Å²) in [5.41, 5.74) is -3.52. The second-order valence-corrected chi connectivity index (χ2v) is 3.63. The molecule has 0 bridgehead atoms. The van der Waals surface area contributed by atoms with Gasteiger partial charge in [-0.05, 0) is 0 Å². The third-order valence-corrected chi connectivity index (χ3v) is 2.34. The van der Waals surface area contributed by atoms with E-state index in [9.17, 15) is 25.0 Å². The fourth-order valence-electron chi connectivity index (χ4n) is 1.41. The number of anilines is 1. The van der Waals surface area contributed by atoms with Gasteiger partial charge in [-0.1, -0.05) is 0 Å². The normalized spacial score (nSPS) is 9.00. The lowest BCUT2D eigenvalue weighted by atomic mass is 10.1. The molecule has 11 heteroatoms. The minimum absolute atomic E-state index is 0.481. The summed E-state index contributed by atoms with van der Waals surface area (Å²) >= 11 is 0. The van der Waals surface area contributed by atoms with Gasteiger partial charge in [-0.3, -0.25) is 20.2 Å². The molecule has 0 amide bonds. The molecule has 1 rings (SSSR count). The van der Waals surface area contributed by atoms with Crippen molar-refractivity contribution in [1.82, 2.24) is 0 Å². The van der Waals surface area contributed by atoms with Crippen LogP contribution < -0.4 is 5.32 Å². The Hall–Kier alpha value is -3.99. The van der Waals surface area contributed by atoms with Crippen LogP contribution in [0.15, 0.2) is 23.9 Å². The summed E-state index contributed by atoms with van der Waals surface area (Å²) in [6.45, 7) is 0. The highest BCUT2D eigenvalue weighted by molar-refractivity contribution is 5.92. The lowest BCUT2D eigenvalue weighted by Gasteiger charge is -2.05. The first-order chi connectivity index (χ1) is 10.3. The third-order valence-electron chi connectivity index (χ3n) is 2.34. The maximum Gasteiger partial charge on any atom is 0.336 e. The standard InChI is InChI=1S/C11H5N5O6/c12-3-6(4-13)5-14-10-8(15(19)20)1-7(11(17)18)2-9(10)16(21)22/h1-2,5,14H,(H,17,18). The van der Waals surface area contributed by atoms with Gasteiger partial charge < -0.3 is 10.4 Å². The number of benzene rings is 1. The smallest absolute Gasteiger partial charge is 0.336 e. The Morgan fingerprint density at radius 2 is 1.64 bits per heavy atom. The third kappa shape index (κ3) is 3.31. The van der Waals surface area contributed by atoms with Crippen LogP contribution >= 0.6 is 0 Å². The van der Waals surface area contributed by atoms with Crippen molar-refractivity contribution < 1.29 is 19.7 Å². The van der Waals surface area contributed by atoms with E-state index in [4.69, 9.17) is 15.6 Å². The van der Waals surface area contributed by atoms with E-state index in [1.165, 1.54) is 12.1 Å². The fraction of sp³-hybridized carbons (Fsp3) is 0. The molecule has 0 fully saturated rings. The number of carboxylic acid groups (broad SMARTS) is 1. The molecule has 110 valence electrons. The molecule has 0 spiro atoms. The van der Waals surface area contributed by atoms with Crippen molar-refractivity contribution in [2.24, 2.45) is 0 Å². The Morgan fingerprint density at radius 1 is 1.18 bits per heavy atom. The number of nitro benzene ring substituents is 2. The van der Waals surface area contributed by atoms with Gasteiger partial charge in [0.1, 0.15) is 17.7 Å². The number of nitrogens with zero attached hydrogens (tertiary/aromatic N) is 4. The Kier molecular flexibility index (Phi) is 4.71. The molecule has 0 atom stereocenters. The molecule has 1 aromatic carbocycles. The van der Waals surface area contributed by atoms with Gasteiger partial charge in [0, 0.05) is 18.3 Å². The summed E-state index contributed by atoms with van der Waals surface area (Å²) in [4.78, 5) is 30.7. The molecular formula is C11H5N5O6. The Labute approximate surface area is 121 Å². The number of aromatic carboxylic acids is 1. The Balaban J connectivity index is 3.60. The first kappa shape index (κ1) is 16.1. The van der Waals surface area contributed by atoms with Gasteiger partial charge >= 0.3 is 17.3 Å². The van der Waals surface area contributed by atoms with Crippen LogP contribution in [0.25, 0.3) is 0 Å². The van der Waals surface area contributed by atoms with Crippen LogP contribution in [-0.2, 0) is 0 Å². The number of allylic oxidation sites excluding steroid dienone is 1. The molecule has 11 nitrogen and oxygen atoms in total. The van der Waals surface area contributed by atoms with Crippen molar-refractivity contribution in [3.8, 4) is 12.1 Å². The van der Waals surface area contributed by atoms with Gasteiger partial charge in [-0.2, -0.15) is 10.5 Å². The highest BCUT2D eigenvalue weighted by Crippen LogP contribution is 2.35. The lowest BCUT2D eigenvalue weighted by Crippen LogP contribution is -2.05.